The predicted octanol–water partition coefficient (Wildman–Crippen LogP) is 2.98. The smallest absolute Gasteiger partial charge is 0.224 e. The van der Waals surface area contributed by atoms with Crippen molar-refractivity contribution in [2.45, 2.75) is 39.9 Å². The number of hydrogen-bond acceptors (Lipinski definition) is 3. The number of amides is 1. The van der Waals surface area contributed by atoms with E-state index in [0.29, 0.717) is 19.5 Å². The Bertz CT molecular complexity index is 645. The largest absolute Gasteiger partial charge is 0.340 e. The Hall–Kier alpha value is -1.15. The molecule has 6 nitrogen and oxygen atoms in total. The van der Waals surface area contributed by atoms with Gasteiger partial charge >= 0.3 is 0 Å². The maximum Gasteiger partial charge on any atom is 0.224 e. The first-order valence-corrected chi connectivity index (χ1v) is 8.64. The molecule has 0 fully saturated rings. The molecule has 0 bridgehead atoms. The lowest BCUT2D eigenvalue weighted by Crippen LogP contribution is -2.27. The number of hydrogen-bond donors (Lipinski definition) is 0. The first-order valence-electron chi connectivity index (χ1n) is 7.06. The van der Waals surface area contributed by atoms with Crippen molar-refractivity contribution in [1.82, 2.24) is 24.5 Å². The van der Waals surface area contributed by atoms with Crippen LogP contribution in [0.25, 0.3) is 0 Å². The van der Waals surface area contributed by atoms with Gasteiger partial charge in [0.1, 0.15) is 0 Å². The average molecular weight is 433 g/mol. The summed E-state index contributed by atoms with van der Waals surface area (Å²) in [7, 11) is 1.80. The minimum atomic E-state index is 0.0715. The fraction of sp³-hybridized carbons (Fsp3) is 0.500. The van der Waals surface area contributed by atoms with E-state index in [2.05, 4.69) is 42.1 Å². The molecule has 0 N–H and O–H groups in total. The molecule has 0 aliphatic heterocycles. The Morgan fingerprint density at radius 1 is 1.23 bits per heavy atom. The van der Waals surface area contributed by atoms with Gasteiger partial charge in [-0.05, 0) is 45.7 Å². The third-order valence-corrected chi connectivity index (χ3v) is 4.81. The summed E-state index contributed by atoms with van der Waals surface area (Å²) in [5.74, 6) is 0.0715. The highest BCUT2D eigenvalue weighted by Crippen LogP contribution is 2.17. The maximum atomic E-state index is 12.2. The van der Waals surface area contributed by atoms with E-state index in [1.165, 1.54) is 0 Å². The van der Waals surface area contributed by atoms with Gasteiger partial charge in [-0.1, -0.05) is 0 Å². The summed E-state index contributed by atoms with van der Waals surface area (Å²) in [6, 6.07) is 0. The first-order chi connectivity index (χ1) is 10.4. The van der Waals surface area contributed by atoms with Gasteiger partial charge in [-0.15, -0.1) is 0 Å². The minimum absolute atomic E-state index is 0.0715. The van der Waals surface area contributed by atoms with Crippen molar-refractivity contribution in [2.75, 3.05) is 7.05 Å². The van der Waals surface area contributed by atoms with Crippen molar-refractivity contribution in [3.8, 4) is 0 Å². The van der Waals surface area contributed by atoms with E-state index in [9.17, 15) is 4.79 Å². The fourth-order valence-corrected chi connectivity index (χ4v) is 2.78. The van der Waals surface area contributed by atoms with Gasteiger partial charge in [-0.2, -0.15) is 10.2 Å². The van der Waals surface area contributed by atoms with E-state index in [1.54, 1.807) is 16.6 Å². The van der Waals surface area contributed by atoms with Crippen molar-refractivity contribution in [1.29, 1.82) is 0 Å². The summed E-state index contributed by atoms with van der Waals surface area (Å²) in [6.07, 6.45) is 4.23. The van der Waals surface area contributed by atoms with Crippen LogP contribution in [0.1, 0.15) is 24.7 Å². The molecule has 0 radical (unpaired) electrons. The molecule has 1 amide bonds. The van der Waals surface area contributed by atoms with Crippen LogP contribution in [0.5, 0.6) is 0 Å². The molecular weight excluding hydrogens is 414 g/mol. The van der Waals surface area contributed by atoms with Gasteiger partial charge < -0.3 is 4.90 Å². The fourth-order valence-electron chi connectivity index (χ4n) is 2.03. The molecule has 2 rings (SSSR count). The van der Waals surface area contributed by atoms with Crippen molar-refractivity contribution in [3.63, 3.8) is 0 Å². The normalized spacial score (nSPS) is 11.0. The number of carbonyl (C=O) groups excluding carboxylic acids is 1. The number of rotatable bonds is 6. The highest BCUT2D eigenvalue weighted by molar-refractivity contribution is 9.10. The quantitative estimate of drug-likeness (QED) is 0.704. The molecule has 0 saturated heterocycles. The molecule has 0 aliphatic carbocycles. The number of aryl methyl sites for hydroxylation is 3. The van der Waals surface area contributed by atoms with Crippen molar-refractivity contribution >= 4 is 37.8 Å². The third kappa shape index (κ3) is 4.19. The lowest BCUT2D eigenvalue weighted by molar-refractivity contribution is -0.130. The zero-order chi connectivity index (χ0) is 16.3. The van der Waals surface area contributed by atoms with Gasteiger partial charge in [-0.25, -0.2) is 0 Å². The monoisotopic (exact) mass is 431 g/mol. The van der Waals surface area contributed by atoms with Crippen LogP contribution in [0.2, 0.25) is 0 Å². The molecular formula is C14H19Br2N5O. The number of nitrogens with zero attached hydrogens (tertiary/aromatic N) is 5. The summed E-state index contributed by atoms with van der Waals surface area (Å²) in [5.41, 5.74) is 1.80. The Balaban J connectivity index is 1.90. The summed E-state index contributed by atoms with van der Waals surface area (Å²) in [5, 5.41) is 8.77. The zero-order valence-corrected chi connectivity index (χ0v) is 16.1. The second kappa shape index (κ2) is 7.41. The molecule has 22 heavy (non-hydrogen) atoms. The molecule has 0 saturated carbocycles. The van der Waals surface area contributed by atoms with Crippen LogP contribution in [0, 0.1) is 6.92 Å². The average Bonchev–Trinajstić information content (AvgIpc) is 2.99. The lowest BCUT2D eigenvalue weighted by atomic mass is 10.3. The van der Waals surface area contributed by atoms with Crippen LogP contribution >= 0.6 is 31.9 Å². The Kier molecular flexibility index (Phi) is 5.80. The van der Waals surface area contributed by atoms with Gasteiger partial charge in [0.05, 0.1) is 26.9 Å². The van der Waals surface area contributed by atoms with Crippen LogP contribution in [-0.4, -0.2) is 37.4 Å². The standard InChI is InChI=1S/C14H19Br2N5O/c1-4-20-8-12(16)13(18-20)9-19(3)14(22)5-6-21-7-11(15)10(2)17-21/h7-8H,4-6,9H2,1-3H3. The second-order valence-electron chi connectivity index (χ2n) is 5.10. The van der Waals surface area contributed by atoms with Gasteiger partial charge in [0.25, 0.3) is 0 Å². The van der Waals surface area contributed by atoms with Gasteiger partial charge in [0.15, 0.2) is 0 Å². The molecule has 8 heteroatoms. The Morgan fingerprint density at radius 2 is 1.91 bits per heavy atom. The van der Waals surface area contributed by atoms with Crippen LogP contribution in [0.4, 0.5) is 0 Å². The second-order valence-corrected chi connectivity index (χ2v) is 6.81. The predicted molar refractivity (Wildman–Crippen MR) is 91.4 cm³/mol. The lowest BCUT2D eigenvalue weighted by Gasteiger charge is -2.16. The molecule has 2 heterocycles. The molecule has 120 valence electrons. The van der Waals surface area contributed by atoms with Crippen LogP contribution < -0.4 is 0 Å². The van der Waals surface area contributed by atoms with E-state index in [1.807, 2.05) is 30.9 Å². The van der Waals surface area contributed by atoms with Crippen LogP contribution in [0.3, 0.4) is 0 Å². The van der Waals surface area contributed by atoms with E-state index >= 15 is 0 Å². The van der Waals surface area contributed by atoms with E-state index in [-0.39, 0.29) is 5.91 Å². The third-order valence-electron chi connectivity index (χ3n) is 3.37. The first kappa shape index (κ1) is 17.2. The van der Waals surface area contributed by atoms with Crippen molar-refractivity contribution in [3.05, 3.63) is 32.7 Å². The summed E-state index contributed by atoms with van der Waals surface area (Å²) >= 11 is 6.90. The van der Waals surface area contributed by atoms with Crippen LogP contribution in [-0.2, 0) is 24.4 Å². The maximum absolute atomic E-state index is 12.2. The molecule has 2 aromatic rings. The molecule has 0 unspecified atom stereocenters. The molecule has 0 atom stereocenters. The van der Waals surface area contributed by atoms with E-state index in [0.717, 1.165) is 26.9 Å². The summed E-state index contributed by atoms with van der Waals surface area (Å²) in [6.45, 7) is 5.83. The van der Waals surface area contributed by atoms with Crippen LogP contribution in [0.15, 0.2) is 21.3 Å². The molecule has 2 aromatic heterocycles. The summed E-state index contributed by atoms with van der Waals surface area (Å²) < 4.78 is 5.53. The zero-order valence-electron chi connectivity index (χ0n) is 12.9. The van der Waals surface area contributed by atoms with Crippen molar-refractivity contribution < 1.29 is 4.79 Å². The van der Waals surface area contributed by atoms with Crippen molar-refractivity contribution in [2.24, 2.45) is 0 Å². The molecule has 0 aliphatic rings. The van der Waals surface area contributed by atoms with Gasteiger partial charge in [0.2, 0.25) is 5.91 Å². The van der Waals surface area contributed by atoms with Gasteiger partial charge in [0, 0.05) is 39.0 Å². The number of carbonyl (C=O) groups is 1. The minimum Gasteiger partial charge on any atom is -0.340 e. The number of aromatic nitrogens is 4. The Morgan fingerprint density at radius 3 is 2.45 bits per heavy atom. The molecule has 0 aromatic carbocycles. The number of halogens is 2. The SMILES string of the molecule is CCn1cc(Br)c(CN(C)C(=O)CCn2cc(Br)c(C)n2)n1. The molecule has 0 spiro atoms. The highest BCUT2D eigenvalue weighted by atomic mass is 79.9. The highest BCUT2D eigenvalue weighted by Gasteiger charge is 2.14. The van der Waals surface area contributed by atoms with E-state index in [4.69, 9.17) is 0 Å². The summed E-state index contributed by atoms with van der Waals surface area (Å²) in [4.78, 5) is 13.9. The van der Waals surface area contributed by atoms with E-state index < -0.39 is 0 Å². The Labute approximate surface area is 146 Å². The topological polar surface area (TPSA) is 56.0 Å². The van der Waals surface area contributed by atoms with Gasteiger partial charge in [-0.3, -0.25) is 14.2 Å².